The minimum Gasteiger partial charge on any atom is -0.259 e. The number of hydrogen-bond acceptors (Lipinski definition) is 1. The first-order valence-electron chi connectivity index (χ1n) is 9.78. The predicted octanol–water partition coefficient (Wildman–Crippen LogP) is 8.47. The zero-order valence-electron chi connectivity index (χ0n) is 18.0. The average Bonchev–Trinajstić information content (AvgIpc) is 2.76. The fourth-order valence-corrected chi connectivity index (χ4v) is 7.75. The first-order chi connectivity index (χ1) is 14.2. The highest BCUT2D eigenvalue weighted by Crippen LogP contribution is 2.58. The van der Waals surface area contributed by atoms with E-state index in [4.69, 9.17) is 0 Å². The van der Waals surface area contributed by atoms with E-state index in [1.54, 1.807) is 0 Å². The van der Waals surface area contributed by atoms with E-state index in [1.165, 1.54) is 21.2 Å². The molecule has 0 saturated heterocycles. The van der Waals surface area contributed by atoms with Crippen molar-refractivity contribution in [2.75, 3.05) is 0 Å². The molecule has 152 valence electrons. The molecule has 0 bridgehead atoms. The third-order valence-corrected chi connectivity index (χ3v) is 9.10. The van der Waals surface area contributed by atoms with Crippen molar-refractivity contribution >= 4 is 21.4 Å². The van der Waals surface area contributed by atoms with Gasteiger partial charge in [0.05, 0.1) is 0 Å². The Balaban J connectivity index is 3.56. The average molecular weight is 422 g/mol. The van der Waals surface area contributed by atoms with Gasteiger partial charge in [-0.25, -0.2) is 0 Å². The van der Waals surface area contributed by atoms with Gasteiger partial charge in [-0.15, -0.1) is 0 Å². The molecule has 2 unspecified atom stereocenters. The summed E-state index contributed by atoms with van der Waals surface area (Å²) in [5, 5.41) is 5.05. The number of hydrogen-bond donors (Lipinski definition) is 1. The van der Waals surface area contributed by atoms with E-state index >= 15 is 0 Å². The molecule has 0 heterocycles. The van der Waals surface area contributed by atoms with E-state index in [-0.39, 0.29) is 0 Å². The molecule has 2 atom stereocenters. The SMILES string of the molecule is C=C/C=C\C(=C/C)P(NP(/C(C=C)=C/C=C\C)C(/C=C\C)=C/C)c1ccccc1. The quantitative estimate of drug-likeness (QED) is 0.279. The number of rotatable bonds is 11. The van der Waals surface area contributed by atoms with Crippen LogP contribution >= 0.6 is 16.1 Å². The van der Waals surface area contributed by atoms with E-state index in [1.807, 2.05) is 31.2 Å². The van der Waals surface area contributed by atoms with Gasteiger partial charge < -0.3 is 0 Å². The molecule has 0 spiro atoms. The normalized spacial score (nSPS) is 15.9. The third kappa shape index (κ3) is 8.08. The lowest BCUT2D eigenvalue weighted by molar-refractivity contribution is 1.55. The molecule has 0 radical (unpaired) electrons. The molecule has 0 aliphatic carbocycles. The topological polar surface area (TPSA) is 12.0 Å². The molecule has 1 nitrogen and oxygen atoms in total. The van der Waals surface area contributed by atoms with Gasteiger partial charge in [-0.3, -0.25) is 4.86 Å². The molecule has 0 saturated carbocycles. The Morgan fingerprint density at radius 2 is 1.52 bits per heavy atom. The minimum atomic E-state index is -0.777. The highest BCUT2D eigenvalue weighted by atomic mass is 31.2. The molecule has 1 N–H and O–H groups in total. The van der Waals surface area contributed by atoms with Crippen LogP contribution in [0, 0.1) is 0 Å². The number of allylic oxidation sites excluding steroid dienone is 14. The first-order valence-corrected chi connectivity index (χ1v) is 12.5. The van der Waals surface area contributed by atoms with Crippen molar-refractivity contribution in [2.24, 2.45) is 0 Å². The highest BCUT2D eigenvalue weighted by Gasteiger charge is 2.22. The lowest BCUT2D eigenvalue weighted by Gasteiger charge is -2.29. The van der Waals surface area contributed by atoms with Gasteiger partial charge in [-0.2, -0.15) is 0 Å². The number of nitrogens with one attached hydrogen (secondary N) is 1. The van der Waals surface area contributed by atoms with Crippen LogP contribution in [0.4, 0.5) is 0 Å². The van der Waals surface area contributed by atoms with Crippen LogP contribution in [0.25, 0.3) is 0 Å². The van der Waals surface area contributed by atoms with E-state index in [9.17, 15) is 0 Å². The fraction of sp³-hybridized carbons (Fsp3) is 0.154. The van der Waals surface area contributed by atoms with Crippen molar-refractivity contribution in [3.63, 3.8) is 0 Å². The molecule has 3 heteroatoms. The summed E-state index contributed by atoms with van der Waals surface area (Å²) in [5.41, 5.74) is 0. The van der Waals surface area contributed by atoms with Gasteiger partial charge in [0.15, 0.2) is 0 Å². The predicted molar refractivity (Wildman–Crippen MR) is 138 cm³/mol. The largest absolute Gasteiger partial charge is 0.259 e. The monoisotopic (exact) mass is 421 g/mol. The molecule has 0 aliphatic heterocycles. The molecule has 0 amide bonds. The summed E-state index contributed by atoms with van der Waals surface area (Å²) in [4.78, 5) is 4.01. The van der Waals surface area contributed by atoms with Crippen LogP contribution in [0.1, 0.15) is 27.7 Å². The van der Waals surface area contributed by atoms with Gasteiger partial charge in [0.2, 0.25) is 0 Å². The summed E-state index contributed by atoms with van der Waals surface area (Å²) < 4.78 is 0. The maximum absolute atomic E-state index is 4.09. The van der Waals surface area contributed by atoms with Crippen molar-refractivity contribution in [3.8, 4) is 0 Å². The molecule has 29 heavy (non-hydrogen) atoms. The van der Waals surface area contributed by atoms with Crippen molar-refractivity contribution in [2.45, 2.75) is 27.7 Å². The lowest BCUT2D eigenvalue weighted by atomic mass is 10.4. The maximum atomic E-state index is 4.09. The van der Waals surface area contributed by atoms with E-state index < -0.39 is 16.1 Å². The Bertz CT molecular complexity index is 824. The second-order valence-corrected chi connectivity index (χ2v) is 10.2. The van der Waals surface area contributed by atoms with Crippen molar-refractivity contribution < 1.29 is 0 Å². The van der Waals surface area contributed by atoms with E-state index in [0.717, 1.165) is 0 Å². The van der Waals surface area contributed by atoms with Crippen molar-refractivity contribution in [1.29, 1.82) is 0 Å². The molecule has 1 aromatic rings. The zero-order valence-corrected chi connectivity index (χ0v) is 19.8. The van der Waals surface area contributed by atoms with Crippen molar-refractivity contribution in [1.82, 2.24) is 4.86 Å². The zero-order chi connectivity index (χ0) is 21.5. The second kappa shape index (κ2) is 14.9. The molecule has 0 fully saturated rings. The summed E-state index contributed by atoms with van der Waals surface area (Å²) in [6, 6.07) is 10.7. The van der Waals surface area contributed by atoms with Crippen LogP contribution in [0.3, 0.4) is 0 Å². The smallest absolute Gasteiger partial charge is 0.0291 e. The molecule has 0 aliphatic rings. The Morgan fingerprint density at radius 3 is 2.03 bits per heavy atom. The second-order valence-electron chi connectivity index (χ2n) is 5.95. The standard InChI is InChI=1S/C26H33NP2/c1-7-13-19-24(11-5)28(23(10-4)18-9-3)27-29(25(12-6)20-14-8-2)26-21-16-15-17-22-26/h7-22,27H,2,5H2,1,3-4,6H3/b13-7-,18-9-,20-14-,23-10+,24-19+,25-12+. The first kappa shape index (κ1) is 25.0. The Hall–Kier alpha value is -2.04. The fourth-order valence-electron chi connectivity index (χ4n) is 2.57. The van der Waals surface area contributed by atoms with E-state index in [2.05, 4.69) is 112 Å². The molecular formula is C26H33NP2. The maximum Gasteiger partial charge on any atom is 0.0291 e. The Labute approximate surface area is 180 Å². The van der Waals surface area contributed by atoms with Crippen LogP contribution in [-0.2, 0) is 0 Å². The van der Waals surface area contributed by atoms with Gasteiger partial charge in [0.25, 0.3) is 0 Å². The summed E-state index contributed by atoms with van der Waals surface area (Å²) in [7, 11) is -1.53. The summed E-state index contributed by atoms with van der Waals surface area (Å²) >= 11 is 0. The van der Waals surface area contributed by atoms with Crippen molar-refractivity contribution in [3.05, 3.63) is 126 Å². The molecule has 0 aromatic heterocycles. The molecule has 1 aromatic carbocycles. The van der Waals surface area contributed by atoms with Crippen LogP contribution in [0.15, 0.2) is 126 Å². The molecule has 1 rings (SSSR count). The third-order valence-electron chi connectivity index (χ3n) is 3.99. The lowest BCUT2D eigenvalue weighted by Crippen LogP contribution is -2.13. The van der Waals surface area contributed by atoms with Crippen LogP contribution < -0.4 is 10.2 Å². The summed E-state index contributed by atoms with van der Waals surface area (Å²) in [6.45, 7) is 16.2. The Morgan fingerprint density at radius 1 is 0.828 bits per heavy atom. The van der Waals surface area contributed by atoms with Crippen LogP contribution in [0.5, 0.6) is 0 Å². The van der Waals surface area contributed by atoms with E-state index in [0.29, 0.717) is 0 Å². The summed E-state index contributed by atoms with van der Waals surface area (Å²) in [5.74, 6) is 0. The van der Waals surface area contributed by atoms with Crippen LogP contribution in [0.2, 0.25) is 0 Å². The van der Waals surface area contributed by atoms with Gasteiger partial charge in [0.1, 0.15) is 0 Å². The molecular weight excluding hydrogens is 388 g/mol. The van der Waals surface area contributed by atoms with Gasteiger partial charge in [-0.05, 0) is 48.9 Å². The van der Waals surface area contributed by atoms with Gasteiger partial charge in [0, 0.05) is 16.1 Å². The number of benzene rings is 1. The van der Waals surface area contributed by atoms with Gasteiger partial charge >= 0.3 is 0 Å². The minimum absolute atomic E-state index is 0.754. The Kier molecular flexibility index (Phi) is 12.8. The van der Waals surface area contributed by atoms with Crippen LogP contribution in [-0.4, -0.2) is 0 Å². The van der Waals surface area contributed by atoms with Gasteiger partial charge in [-0.1, -0.05) is 110 Å². The summed E-state index contributed by atoms with van der Waals surface area (Å²) in [6.07, 6.45) is 22.9. The highest BCUT2D eigenvalue weighted by molar-refractivity contribution is 7.81.